The van der Waals surface area contributed by atoms with Crippen molar-refractivity contribution in [3.8, 4) is 6.07 Å². The van der Waals surface area contributed by atoms with Gasteiger partial charge >= 0.3 is 0 Å². The fourth-order valence-electron chi connectivity index (χ4n) is 2.05. The lowest BCUT2D eigenvalue weighted by atomic mass is 10.1. The van der Waals surface area contributed by atoms with Gasteiger partial charge in [-0.25, -0.2) is 0 Å². The molecule has 1 heterocycles. The van der Waals surface area contributed by atoms with Crippen LogP contribution in [-0.2, 0) is 6.42 Å². The van der Waals surface area contributed by atoms with E-state index in [1.54, 1.807) is 12.1 Å². The van der Waals surface area contributed by atoms with E-state index in [0.717, 1.165) is 16.9 Å². The molecule has 0 fully saturated rings. The average Bonchev–Trinajstić information content (AvgIpc) is 2.80. The van der Waals surface area contributed by atoms with Gasteiger partial charge in [0.25, 0.3) is 5.91 Å². The molecule has 0 saturated carbocycles. The number of nitriles is 1. The van der Waals surface area contributed by atoms with Gasteiger partial charge in [0, 0.05) is 10.4 Å². The minimum absolute atomic E-state index is 0.187. The van der Waals surface area contributed by atoms with E-state index in [0.29, 0.717) is 16.1 Å². The maximum absolute atomic E-state index is 12.2. The Balaban J connectivity index is 2.06. The SMILES string of the molecule is CCc1ccc(C(=O)NC(=S)Nc2sc(C)c(C)c2C#N)cc1. The Labute approximate surface area is 145 Å². The Morgan fingerprint density at radius 2 is 1.96 bits per heavy atom. The second kappa shape index (κ2) is 7.36. The number of thiophene rings is 1. The minimum atomic E-state index is -0.270. The summed E-state index contributed by atoms with van der Waals surface area (Å²) in [6, 6.07) is 9.56. The van der Waals surface area contributed by atoms with Crippen molar-refractivity contribution in [3.05, 3.63) is 51.4 Å². The van der Waals surface area contributed by atoms with E-state index in [1.807, 2.05) is 26.0 Å². The molecule has 0 saturated heterocycles. The highest BCUT2D eigenvalue weighted by atomic mass is 32.1. The van der Waals surface area contributed by atoms with Crippen LogP contribution in [0.25, 0.3) is 0 Å². The van der Waals surface area contributed by atoms with Gasteiger partial charge in [-0.1, -0.05) is 19.1 Å². The molecule has 1 amide bonds. The van der Waals surface area contributed by atoms with Crippen molar-refractivity contribution in [2.45, 2.75) is 27.2 Å². The van der Waals surface area contributed by atoms with Gasteiger partial charge in [-0.05, 0) is 55.7 Å². The average molecular weight is 343 g/mol. The molecule has 0 bridgehead atoms. The maximum atomic E-state index is 12.2. The van der Waals surface area contributed by atoms with Gasteiger partial charge in [0.15, 0.2) is 5.11 Å². The van der Waals surface area contributed by atoms with Crippen LogP contribution in [0.4, 0.5) is 5.00 Å². The molecule has 6 heteroatoms. The van der Waals surface area contributed by atoms with E-state index in [-0.39, 0.29) is 11.0 Å². The molecule has 1 aromatic carbocycles. The highest BCUT2D eigenvalue weighted by Gasteiger charge is 2.14. The normalized spacial score (nSPS) is 10.0. The smallest absolute Gasteiger partial charge is 0.257 e. The third kappa shape index (κ3) is 3.95. The first-order valence-corrected chi connectivity index (χ1v) is 8.40. The fraction of sp³-hybridized carbons (Fsp3) is 0.235. The molecule has 0 aliphatic carbocycles. The topological polar surface area (TPSA) is 64.9 Å². The zero-order chi connectivity index (χ0) is 17.0. The largest absolute Gasteiger partial charge is 0.323 e. The van der Waals surface area contributed by atoms with Gasteiger partial charge in [0.05, 0.1) is 5.56 Å². The second-order valence-corrected chi connectivity index (χ2v) is 6.69. The second-order valence-electron chi connectivity index (χ2n) is 5.06. The van der Waals surface area contributed by atoms with Crippen molar-refractivity contribution in [1.82, 2.24) is 5.32 Å². The van der Waals surface area contributed by atoms with Crippen LogP contribution in [0.1, 0.15) is 38.8 Å². The number of nitrogens with one attached hydrogen (secondary N) is 2. The number of nitrogens with zero attached hydrogens (tertiary/aromatic N) is 1. The van der Waals surface area contributed by atoms with E-state index in [2.05, 4.69) is 23.6 Å². The summed E-state index contributed by atoms with van der Waals surface area (Å²) in [6.07, 6.45) is 0.926. The zero-order valence-corrected chi connectivity index (χ0v) is 14.8. The number of benzene rings is 1. The van der Waals surface area contributed by atoms with Crippen LogP contribution in [0.2, 0.25) is 0 Å². The number of hydrogen-bond donors (Lipinski definition) is 2. The van der Waals surface area contributed by atoms with E-state index in [1.165, 1.54) is 16.9 Å². The van der Waals surface area contributed by atoms with E-state index < -0.39 is 0 Å². The number of thiocarbonyl (C=S) groups is 1. The quantitative estimate of drug-likeness (QED) is 0.829. The molecule has 1 aromatic heterocycles. The first kappa shape index (κ1) is 17.1. The highest BCUT2D eigenvalue weighted by Crippen LogP contribution is 2.31. The predicted molar refractivity (Wildman–Crippen MR) is 98.0 cm³/mol. The van der Waals surface area contributed by atoms with Crippen LogP contribution < -0.4 is 10.6 Å². The molecule has 23 heavy (non-hydrogen) atoms. The summed E-state index contributed by atoms with van der Waals surface area (Å²) in [4.78, 5) is 13.2. The summed E-state index contributed by atoms with van der Waals surface area (Å²) >= 11 is 6.62. The lowest BCUT2D eigenvalue weighted by Gasteiger charge is -2.09. The van der Waals surface area contributed by atoms with Gasteiger partial charge in [-0.15, -0.1) is 11.3 Å². The van der Waals surface area contributed by atoms with E-state index in [9.17, 15) is 10.1 Å². The third-order valence-corrected chi connectivity index (χ3v) is 4.90. The van der Waals surface area contributed by atoms with Gasteiger partial charge < -0.3 is 5.32 Å². The van der Waals surface area contributed by atoms with Crippen molar-refractivity contribution in [2.75, 3.05) is 5.32 Å². The summed E-state index contributed by atoms with van der Waals surface area (Å²) in [6.45, 7) is 5.90. The number of anilines is 1. The molecule has 0 atom stereocenters. The van der Waals surface area contributed by atoms with Crippen LogP contribution in [0.15, 0.2) is 24.3 Å². The Kier molecular flexibility index (Phi) is 5.48. The molecule has 2 N–H and O–H groups in total. The van der Waals surface area contributed by atoms with Crippen LogP contribution in [-0.4, -0.2) is 11.0 Å². The van der Waals surface area contributed by atoms with E-state index >= 15 is 0 Å². The third-order valence-electron chi connectivity index (χ3n) is 3.58. The van der Waals surface area contributed by atoms with Crippen LogP contribution in [0.5, 0.6) is 0 Å². The summed E-state index contributed by atoms with van der Waals surface area (Å²) in [7, 11) is 0. The summed E-state index contributed by atoms with van der Waals surface area (Å²) < 4.78 is 0. The molecular weight excluding hydrogens is 326 g/mol. The summed E-state index contributed by atoms with van der Waals surface area (Å²) in [5, 5.41) is 15.7. The number of carbonyl (C=O) groups is 1. The first-order valence-electron chi connectivity index (χ1n) is 7.17. The lowest BCUT2D eigenvalue weighted by Crippen LogP contribution is -2.34. The Bertz CT molecular complexity index is 785. The lowest BCUT2D eigenvalue weighted by molar-refractivity contribution is 0.0977. The van der Waals surface area contributed by atoms with Crippen LogP contribution >= 0.6 is 23.6 Å². The van der Waals surface area contributed by atoms with Crippen molar-refractivity contribution in [2.24, 2.45) is 0 Å². The molecule has 2 aromatic rings. The molecule has 0 radical (unpaired) electrons. The molecular formula is C17H17N3OS2. The van der Waals surface area contributed by atoms with Gasteiger partial charge in [0.1, 0.15) is 11.1 Å². The van der Waals surface area contributed by atoms with Crippen molar-refractivity contribution in [1.29, 1.82) is 5.26 Å². The van der Waals surface area contributed by atoms with Crippen LogP contribution in [0, 0.1) is 25.2 Å². The van der Waals surface area contributed by atoms with Gasteiger partial charge in [-0.3, -0.25) is 10.1 Å². The number of carbonyl (C=O) groups excluding carboxylic acids is 1. The van der Waals surface area contributed by atoms with Crippen molar-refractivity contribution >= 4 is 39.6 Å². The van der Waals surface area contributed by atoms with Crippen molar-refractivity contribution < 1.29 is 4.79 Å². The molecule has 0 unspecified atom stereocenters. The molecule has 0 aliphatic heterocycles. The number of hydrogen-bond acceptors (Lipinski definition) is 4. The van der Waals surface area contributed by atoms with Gasteiger partial charge in [0.2, 0.25) is 0 Å². The maximum Gasteiger partial charge on any atom is 0.257 e. The Morgan fingerprint density at radius 1 is 1.30 bits per heavy atom. The highest BCUT2D eigenvalue weighted by molar-refractivity contribution is 7.80. The Morgan fingerprint density at radius 3 is 2.52 bits per heavy atom. The first-order chi connectivity index (χ1) is 11.0. The number of aryl methyl sites for hydroxylation is 2. The standard InChI is InChI=1S/C17H17N3OS2/c1-4-12-5-7-13(8-6-12)15(21)19-17(22)20-16-14(9-18)10(2)11(3)23-16/h5-8H,4H2,1-3H3,(H2,19,20,21,22). The predicted octanol–water partition coefficient (Wildman–Crippen LogP) is 3.93. The number of rotatable bonds is 3. The zero-order valence-electron chi connectivity index (χ0n) is 13.2. The summed E-state index contributed by atoms with van der Waals surface area (Å²) in [5.41, 5.74) is 3.22. The molecule has 118 valence electrons. The molecule has 2 rings (SSSR count). The van der Waals surface area contributed by atoms with Crippen LogP contribution in [0.3, 0.4) is 0 Å². The molecule has 4 nitrogen and oxygen atoms in total. The summed E-state index contributed by atoms with van der Waals surface area (Å²) in [5.74, 6) is -0.270. The minimum Gasteiger partial charge on any atom is -0.323 e. The van der Waals surface area contributed by atoms with Crippen molar-refractivity contribution in [3.63, 3.8) is 0 Å². The molecule has 0 spiro atoms. The molecule has 0 aliphatic rings. The monoisotopic (exact) mass is 343 g/mol. The fourth-order valence-corrected chi connectivity index (χ4v) is 3.33. The van der Waals surface area contributed by atoms with E-state index in [4.69, 9.17) is 12.2 Å². The Hall–Kier alpha value is -2.23. The van der Waals surface area contributed by atoms with Gasteiger partial charge in [-0.2, -0.15) is 5.26 Å². The number of amides is 1.